The highest BCUT2D eigenvalue weighted by atomic mass is 32.1. The molecular formula is C11H17NO2S. The Morgan fingerprint density at radius 3 is 2.87 bits per heavy atom. The van der Waals surface area contributed by atoms with Crippen molar-refractivity contribution >= 4 is 17.2 Å². The largest absolute Gasteiger partial charge is 0.396 e. The van der Waals surface area contributed by atoms with E-state index < -0.39 is 0 Å². The van der Waals surface area contributed by atoms with Gasteiger partial charge in [0.25, 0.3) is 5.91 Å². The lowest BCUT2D eigenvalue weighted by Gasteiger charge is -2.01. The van der Waals surface area contributed by atoms with Gasteiger partial charge in [0.15, 0.2) is 0 Å². The third-order valence-electron chi connectivity index (χ3n) is 2.10. The first-order valence-electron chi connectivity index (χ1n) is 5.25. The number of aliphatic hydroxyl groups is 1. The summed E-state index contributed by atoms with van der Waals surface area (Å²) in [6.07, 6.45) is 2.54. The second-order valence-electron chi connectivity index (χ2n) is 3.31. The molecule has 1 aromatic rings. The number of unbranched alkanes of at least 4 members (excludes halogenated alkanes) is 1. The first kappa shape index (κ1) is 12.2. The van der Waals surface area contributed by atoms with Crippen molar-refractivity contribution in [2.24, 2.45) is 0 Å². The summed E-state index contributed by atoms with van der Waals surface area (Å²) >= 11 is 1.54. The van der Waals surface area contributed by atoms with Crippen LogP contribution < -0.4 is 5.32 Å². The predicted molar refractivity (Wildman–Crippen MR) is 62.4 cm³/mol. The van der Waals surface area contributed by atoms with Crippen LogP contribution in [-0.2, 0) is 6.42 Å². The van der Waals surface area contributed by atoms with E-state index in [1.807, 2.05) is 12.1 Å². The van der Waals surface area contributed by atoms with Crippen molar-refractivity contribution in [3.8, 4) is 0 Å². The summed E-state index contributed by atoms with van der Waals surface area (Å²) in [5, 5.41) is 11.4. The predicted octanol–water partition coefficient (Wildman–Crippen LogP) is 1.81. The Bertz CT molecular complexity index is 309. The van der Waals surface area contributed by atoms with Gasteiger partial charge in [0.2, 0.25) is 0 Å². The average molecular weight is 227 g/mol. The lowest BCUT2D eigenvalue weighted by molar-refractivity contribution is 0.0956. The fourth-order valence-electron chi connectivity index (χ4n) is 1.22. The Hall–Kier alpha value is -0.870. The Balaban J connectivity index is 2.33. The zero-order valence-corrected chi connectivity index (χ0v) is 9.77. The van der Waals surface area contributed by atoms with Gasteiger partial charge in [-0.3, -0.25) is 4.79 Å². The Morgan fingerprint density at radius 2 is 2.27 bits per heavy atom. The van der Waals surface area contributed by atoms with E-state index in [0.717, 1.165) is 24.1 Å². The number of hydrogen-bond acceptors (Lipinski definition) is 3. The molecule has 0 spiro atoms. The monoisotopic (exact) mass is 227 g/mol. The molecule has 0 aliphatic carbocycles. The quantitative estimate of drug-likeness (QED) is 0.728. The van der Waals surface area contributed by atoms with Crippen molar-refractivity contribution in [2.75, 3.05) is 13.2 Å². The Labute approximate surface area is 94.1 Å². The highest BCUT2D eigenvalue weighted by Gasteiger charge is 2.07. The summed E-state index contributed by atoms with van der Waals surface area (Å²) in [7, 11) is 0. The number of amides is 1. The molecule has 0 aliphatic rings. The molecule has 15 heavy (non-hydrogen) atoms. The molecule has 1 aromatic heterocycles. The fourth-order valence-corrected chi connectivity index (χ4v) is 2.08. The topological polar surface area (TPSA) is 49.3 Å². The molecular weight excluding hydrogens is 210 g/mol. The molecule has 1 amide bonds. The molecule has 3 nitrogen and oxygen atoms in total. The normalized spacial score (nSPS) is 10.3. The maximum atomic E-state index is 11.6. The molecule has 0 fully saturated rings. The smallest absolute Gasteiger partial charge is 0.261 e. The zero-order chi connectivity index (χ0) is 11.1. The second-order valence-corrected chi connectivity index (χ2v) is 4.47. The molecule has 1 heterocycles. The van der Waals surface area contributed by atoms with Crippen molar-refractivity contribution in [2.45, 2.75) is 26.2 Å². The SMILES string of the molecule is CCc1ccc(C(=O)NCCCCO)s1. The lowest BCUT2D eigenvalue weighted by atomic mass is 10.3. The van der Waals surface area contributed by atoms with E-state index in [1.54, 1.807) is 11.3 Å². The summed E-state index contributed by atoms with van der Waals surface area (Å²) in [5.74, 6) is -0.00219. The molecule has 84 valence electrons. The van der Waals surface area contributed by atoms with Gasteiger partial charge in [-0.05, 0) is 31.4 Å². The third-order valence-corrected chi connectivity index (χ3v) is 3.33. The van der Waals surface area contributed by atoms with Crippen molar-refractivity contribution in [3.63, 3.8) is 0 Å². The van der Waals surface area contributed by atoms with E-state index in [1.165, 1.54) is 4.88 Å². The molecule has 0 saturated carbocycles. The van der Waals surface area contributed by atoms with E-state index >= 15 is 0 Å². The van der Waals surface area contributed by atoms with Crippen molar-refractivity contribution < 1.29 is 9.90 Å². The van der Waals surface area contributed by atoms with Crippen LogP contribution in [0.1, 0.15) is 34.3 Å². The number of aryl methyl sites for hydroxylation is 1. The maximum absolute atomic E-state index is 11.6. The summed E-state index contributed by atoms with van der Waals surface area (Å²) in [6.45, 7) is 2.91. The summed E-state index contributed by atoms with van der Waals surface area (Å²) in [5.41, 5.74) is 0. The minimum Gasteiger partial charge on any atom is -0.396 e. The molecule has 0 bridgehead atoms. The lowest BCUT2D eigenvalue weighted by Crippen LogP contribution is -2.23. The molecule has 0 saturated heterocycles. The number of rotatable bonds is 6. The zero-order valence-electron chi connectivity index (χ0n) is 8.95. The van der Waals surface area contributed by atoms with E-state index in [0.29, 0.717) is 6.54 Å². The first-order chi connectivity index (χ1) is 7.27. The summed E-state index contributed by atoms with van der Waals surface area (Å²) in [6, 6.07) is 3.86. The van der Waals surface area contributed by atoms with E-state index in [2.05, 4.69) is 12.2 Å². The van der Waals surface area contributed by atoms with Crippen molar-refractivity contribution in [1.82, 2.24) is 5.32 Å². The van der Waals surface area contributed by atoms with Crippen LogP contribution in [0.3, 0.4) is 0 Å². The molecule has 0 unspecified atom stereocenters. The summed E-state index contributed by atoms with van der Waals surface area (Å²) in [4.78, 5) is 13.6. The molecule has 0 aliphatic heterocycles. The van der Waals surface area contributed by atoms with Gasteiger partial charge < -0.3 is 10.4 Å². The van der Waals surface area contributed by atoms with Gasteiger partial charge in [-0.25, -0.2) is 0 Å². The van der Waals surface area contributed by atoms with Crippen LogP contribution in [0.15, 0.2) is 12.1 Å². The minimum absolute atomic E-state index is 0.00219. The van der Waals surface area contributed by atoms with Gasteiger partial charge >= 0.3 is 0 Å². The highest BCUT2D eigenvalue weighted by Crippen LogP contribution is 2.16. The first-order valence-corrected chi connectivity index (χ1v) is 6.07. The van der Waals surface area contributed by atoms with Crippen LogP contribution in [0.5, 0.6) is 0 Å². The minimum atomic E-state index is -0.00219. The standard InChI is InChI=1S/C11H17NO2S/c1-2-9-5-6-10(15-9)11(14)12-7-3-4-8-13/h5-6,13H,2-4,7-8H2,1H3,(H,12,14). The number of nitrogens with one attached hydrogen (secondary N) is 1. The summed E-state index contributed by atoms with van der Waals surface area (Å²) < 4.78 is 0. The van der Waals surface area contributed by atoms with Gasteiger partial charge in [-0.2, -0.15) is 0 Å². The molecule has 0 aromatic carbocycles. The van der Waals surface area contributed by atoms with E-state index in [4.69, 9.17) is 5.11 Å². The fraction of sp³-hybridized carbons (Fsp3) is 0.545. The number of thiophene rings is 1. The Morgan fingerprint density at radius 1 is 1.47 bits per heavy atom. The molecule has 0 atom stereocenters. The maximum Gasteiger partial charge on any atom is 0.261 e. The number of aliphatic hydroxyl groups excluding tert-OH is 1. The average Bonchev–Trinajstić information content (AvgIpc) is 2.72. The van der Waals surface area contributed by atoms with Crippen LogP contribution in [-0.4, -0.2) is 24.2 Å². The molecule has 1 rings (SSSR count). The van der Waals surface area contributed by atoms with Crippen LogP contribution in [0.2, 0.25) is 0 Å². The Kier molecular flexibility index (Phi) is 5.36. The van der Waals surface area contributed by atoms with Crippen LogP contribution in [0.25, 0.3) is 0 Å². The number of carbonyl (C=O) groups excluding carboxylic acids is 1. The van der Waals surface area contributed by atoms with E-state index in [-0.39, 0.29) is 12.5 Å². The molecule has 4 heteroatoms. The van der Waals surface area contributed by atoms with Gasteiger partial charge in [0.05, 0.1) is 4.88 Å². The van der Waals surface area contributed by atoms with Crippen molar-refractivity contribution in [1.29, 1.82) is 0 Å². The van der Waals surface area contributed by atoms with Gasteiger partial charge in [0.1, 0.15) is 0 Å². The second kappa shape index (κ2) is 6.58. The van der Waals surface area contributed by atoms with Crippen LogP contribution in [0, 0.1) is 0 Å². The van der Waals surface area contributed by atoms with Crippen LogP contribution in [0.4, 0.5) is 0 Å². The highest BCUT2D eigenvalue weighted by molar-refractivity contribution is 7.14. The van der Waals surface area contributed by atoms with Crippen molar-refractivity contribution in [3.05, 3.63) is 21.9 Å². The number of carbonyl (C=O) groups is 1. The molecule has 2 N–H and O–H groups in total. The van der Waals surface area contributed by atoms with E-state index in [9.17, 15) is 4.79 Å². The van der Waals surface area contributed by atoms with Gasteiger partial charge in [-0.15, -0.1) is 11.3 Å². The van der Waals surface area contributed by atoms with Crippen LogP contribution >= 0.6 is 11.3 Å². The number of hydrogen-bond donors (Lipinski definition) is 2. The molecule has 0 radical (unpaired) electrons. The van der Waals surface area contributed by atoms with Gasteiger partial charge in [0, 0.05) is 18.0 Å². The van der Waals surface area contributed by atoms with Gasteiger partial charge in [-0.1, -0.05) is 6.92 Å². The third kappa shape index (κ3) is 4.01.